The van der Waals surface area contributed by atoms with Gasteiger partial charge in [0.05, 0.1) is 7.11 Å². The molecule has 0 aliphatic rings. The first-order valence-corrected chi connectivity index (χ1v) is 5.37. The van der Waals surface area contributed by atoms with Crippen LogP contribution in [-0.2, 0) is 16.0 Å². The van der Waals surface area contributed by atoms with Gasteiger partial charge in [-0.3, -0.25) is 9.59 Å². The van der Waals surface area contributed by atoms with Crippen LogP contribution in [0.25, 0.3) is 10.9 Å². The van der Waals surface area contributed by atoms with Gasteiger partial charge < -0.3 is 9.72 Å². The van der Waals surface area contributed by atoms with Crippen LogP contribution < -0.4 is 0 Å². The van der Waals surface area contributed by atoms with Gasteiger partial charge in [-0.05, 0) is 18.1 Å². The Morgan fingerprint density at radius 1 is 1.47 bits per heavy atom. The van der Waals surface area contributed by atoms with Gasteiger partial charge in [0.15, 0.2) is 6.29 Å². The topological polar surface area (TPSA) is 59.2 Å². The molecule has 0 saturated carbocycles. The van der Waals surface area contributed by atoms with Gasteiger partial charge in [-0.15, -0.1) is 0 Å². The number of aryl methyl sites for hydroxylation is 1. The van der Waals surface area contributed by atoms with Gasteiger partial charge in [0.1, 0.15) is 0 Å². The molecule has 0 atom stereocenters. The zero-order valence-corrected chi connectivity index (χ0v) is 9.53. The predicted molar refractivity (Wildman–Crippen MR) is 64.0 cm³/mol. The summed E-state index contributed by atoms with van der Waals surface area (Å²) in [6, 6.07) is 5.73. The number of carbonyl (C=O) groups is 2. The highest BCUT2D eigenvalue weighted by atomic mass is 16.5. The lowest BCUT2D eigenvalue weighted by Crippen LogP contribution is -2.02. The van der Waals surface area contributed by atoms with Crippen LogP contribution in [0.2, 0.25) is 0 Å². The maximum atomic E-state index is 11.1. The quantitative estimate of drug-likeness (QED) is 0.647. The number of aldehydes is 1. The molecule has 4 heteroatoms. The number of hydrogen-bond acceptors (Lipinski definition) is 3. The first kappa shape index (κ1) is 11.4. The summed E-state index contributed by atoms with van der Waals surface area (Å²) in [6.07, 6.45) is 3.39. The van der Waals surface area contributed by atoms with Crippen molar-refractivity contribution in [3.8, 4) is 0 Å². The Morgan fingerprint density at radius 3 is 3.00 bits per heavy atom. The Bertz CT molecular complexity index is 557. The van der Waals surface area contributed by atoms with Crippen molar-refractivity contribution in [3.63, 3.8) is 0 Å². The van der Waals surface area contributed by atoms with Crippen LogP contribution in [0, 0.1) is 0 Å². The van der Waals surface area contributed by atoms with Gasteiger partial charge in [-0.25, -0.2) is 0 Å². The lowest BCUT2D eigenvalue weighted by atomic mass is 10.0. The van der Waals surface area contributed by atoms with Gasteiger partial charge >= 0.3 is 5.97 Å². The summed E-state index contributed by atoms with van der Waals surface area (Å²) < 4.78 is 4.61. The van der Waals surface area contributed by atoms with E-state index in [0.29, 0.717) is 18.4 Å². The zero-order chi connectivity index (χ0) is 12.3. The van der Waals surface area contributed by atoms with Gasteiger partial charge in [0.25, 0.3) is 0 Å². The van der Waals surface area contributed by atoms with Crippen LogP contribution in [0.15, 0.2) is 24.4 Å². The molecule has 0 aliphatic carbocycles. The maximum absolute atomic E-state index is 11.1. The van der Waals surface area contributed by atoms with Crippen LogP contribution in [0.5, 0.6) is 0 Å². The largest absolute Gasteiger partial charge is 0.469 e. The molecule has 1 N–H and O–H groups in total. The summed E-state index contributed by atoms with van der Waals surface area (Å²) in [4.78, 5) is 25.1. The minimum Gasteiger partial charge on any atom is -0.469 e. The number of methoxy groups -OCH3 is 1. The van der Waals surface area contributed by atoms with Crippen LogP contribution in [-0.4, -0.2) is 24.3 Å². The smallest absolute Gasteiger partial charge is 0.305 e. The first-order chi connectivity index (χ1) is 8.26. The number of H-pyrrole nitrogens is 1. The summed E-state index contributed by atoms with van der Waals surface area (Å²) in [6.45, 7) is 0. The molecule has 1 aromatic heterocycles. The van der Waals surface area contributed by atoms with Crippen molar-refractivity contribution in [2.24, 2.45) is 0 Å². The molecule has 2 aromatic rings. The zero-order valence-electron chi connectivity index (χ0n) is 9.53. The van der Waals surface area contributed by atoms with Gasteiger partial charge in [-0.1, -0.05) is 12.1 Å². The maximum Gasteiger partial charge on any atom is 0.305 e. The molecule has 0 amide bonds. The highest BCUT2D eigenvalue weighted by Gasteiger charge is 2.09. The van der Waals surface area contributed by atoms with Crippen molar-refractivity contribution in [1.29, 1.82) is 0 Å². The molecular formula is C13H13NO3. The minimum atomic E-state index is -0.245. The van der Waals surface area contributed by atoms with E-state index in [0.717, 1.165) is 22.8 Å². The fraction of sp³-hybridized carbons (Fsp3) is 0.231. The van der Waals surface area contributed by atoms with E-state index in [4.69, 9.17) is 0 Å². The van der Waals surface area contributed by atoms with E-state index < -0.39 is 0 Å². The predicted octanol–water partition coefficient (Wildman–Crippen LogP) is 2.09. The Kier molecular flexibility index (Phi) is 3.23. The van der Waals surface area contributed by atoms with Gasteiger partial charge in [0, 0.05) is 29.1 Å². The number of esters is 1. The third kappa shape index (κ3) is 2.20. The molecule has 88 valence electrons. The SMILES string of the molecule is COC(=O)CCc1cccc2[nH]cc(C=O)c12. The van der Waals surface area contributed by atoms with E-state index in [1.54, 1.807) is 6.20 Å². The Labute approximate surface area is 98.6 Å². The van der Waals surface area contributed by atoms with E-state index in [1.807, 2.05) is 18.2 Å². The van der Waals surface area contributed by atoms with Crippen molar-refractivity contribution in [1.82, 2.24) is 4.98 Å². The molecule has 1 heterocycles. The minimum absolute atomic E-state index is 0.245. The molecule has 0 bridgehead atoms. The van der Waals surface area contributed by atoms with Crippen molar-refractivity contribution >= 4 is 23.2 Å². The molecule has 0 radical (unpaired) electrons. The Morgan fingerprint density at radius 2 is 2.29 bits per heavy atom. The van der Waals surface area contributed by atoms with Crippen molar-refractivity contribution < 1.29 is 14.3 Å². The molecule has 1 aromatic carbocycles. The number of aromatic amines is 1. The normalized spacial score (nSPS) is 10.4. The van der Waals surface area contributed by atoms with E-state index in [9.17, 15) is 9.59 Å². The van der Waals surface area contributed by atoms with E-state index in [-0.39, 0.29) is 5.97 Å². The first-order valence-electron chi connectivity index (χ1n) is 5.37. The van der Waals surface area contributed by atoms with Crippen molar-refractivity contribution in [2.45, 2.75) is 12.8 Å². The van der Waals surface area contributed by atoms with Crippen LogP contribution in [0.3, 0.4) is 0 Å². The fourth-order valence-electron chi connectivity index (χ4n) is 1.93. The number of hydrogen-bond donors (Lipinski definition) is 1. The molecule has 0 spiro atoms. The number of nitrogens with one attached hydrogen (secondary N) is 1. The number of fused-ring (bicyclic) bond motifs is 1. The summed E-state index contributed by atoms with van der Waals surface area (Å²) >= 11 is 0. The van der Waals surface area contributed by atoms with Crippen LogP contribution in [0.1, 0.15) is 22.3 Å². The molecule has 4 nitrogen and oxygen atoms in total. The Hall–Kier alpha value is -2.10. The molecule has 0 fully saturated rings. The Balaban J connectivity index is 2.35. The van der Waals surface area contributed by atoms with Gasteiger partial charge in [-0.2, -0.15) is 0 Å². The standard InChI is InChI=1S/C13H13NO3/c1-17-12(16)6-5-9-3-2-4-11-13(9)10(8-15)7-14-11/h2-4,7-8,14H,5-6H2,1H3. The molecule has 0 saturated heterocycles. The van der Waals surface area contributed by atoms with E-state index in [2.05, 4.69) is 9.72 Å². The number of rotatable bonds is 4. The molecule has 17 heavy (non-hydrogen) atoms. The second kappa shape index (κ2) is 4.82. The molecule has 2 rings (SSSR count). The third-order valence-corrected chi connectivity index (χ3v) is 2.78. The third-order valence-electron chi connectivity index (χ3n) is 2.78. The summed E-state index contributed by atoms with van der Waals surface area (Å²) in [5, 5.41) is 0.895. The lowest BCUT2D eigenvalue weighted by molar-refractivity contribution is -0.140. The number of aromatic nitrogens is 1. The number of ether oxygens (including phenoxy) is 1. The average molecular weight is 231 g/mol. The second-order valence-electron chi connectivity index (χ2n) is 3.78. The monoisotopic (exact) mass is 231 g/mol. The van der Waals surface area contributed by atoms with Crippen molar-refractivity contribution in [3.05, 3.63) is 35.5 Å². The van der Waals surface area contributed by atoms with Crippen LogP contribution >= 0.6 is 0 Å². The van der Waals surface area contributed by atoms with Crippen molar-refractivity contribution in [2.75, 3.05) is 7.11 Å². The highest BCUT2D eigenvalue weighted by molar-refractivity contribution is 5.99. The molecule has 0 unspecified atom stereocenters. The van der Waals surface area contributed by atoms with Gasteiger partial charge in [0.2, 0.25) is 0 Å². The van der Waals surface area contributed by atoms with Crippen LogP contribution in [0.4, 0.5) is 0 Å². The molecule has 0 aliphatic heterocycles. The second-order valence-corrected chi connectivity index (χ2v) is 3.78. The summed E-state index contributed by atoms with van der Waals surface area (Å²) in [7, 11) is 1.37. The fourth-order valence-corrected chi connectivity index (χ4v) is 1.93. The average Bonchev–Trinajstić information content (AvgIpc) is 2.79. The highest BCUT2D eigenvalue weighted by Crippen LogP contribution is 2.22. The summed E-state index contributed by atoms with van der Waals surface area (Å²) in [5.41, 5.74) is 2.52. The van der Waals surface area contributed by atoms with E-state index >= 15 is 0 Å². The number of benzene rings is 1. The lowest BCUT2D eigenvalue weighted by Gasteiger charge is -2.03. The van der Waals surface area contributed by atoms with E-state index in [1.165, 1.54) is 7.11 Å². The molecular weight excluding hydrogens is 218 g/mol. The number of carbonyl (C=O) groups excluding carboxylic acids is 2. The summed E-state index contributed by atoms with van der Waals surface area (Å²) in [5.74, 6) is -0.245.